The van der Waals surface area contributed by atoms with Gasteiger partial charge in [0, 0.05) is 0 Å². The molecule has 1 N–H and O–H groups in total. The predicted molar refractivity (Wildman–Crippen MR) is 115 cm³/mol. The van der Waals surface area contributed by atoms with Crippen LogP contribution < -0.4 is 14.8 Å². The van der Waals surface area contributed by atoms with E-state index < -0.39 is 0 Å². The minimum Gasteiger partial charge on any atom is -0.494 e. The third-order valence-corrected chi connectivity index (χ3v) is 5.51. The number of hydrogen-bond acceptors (Lipinski definition) is 7. The fourth-order valence-electron chi connectivity index (χ4n) is 3.02. The number of hydrogen-bond donors (Lipinski definition) is 1. The van der Waals surface area contributed by atoms with Gasteiger partial charge in [-0.1, -0.05) is 28.6 Å². The maximum atomic E-state index is 12.9. The highest BCUT2D eigenvalue weighted by Gasteiger charge is 2.16. The summed E-state index contributed by atoms with van der Waals surface area (Å²) in [5.41, 5.74) is 2.89. The number of aryl methyl sites for hydroxylation is 2. The van der Waals surface area contributed by atoms with Crippen molar-refractivity contribution in [2.24, 2.45) is 0 Å². The zero-order chi connectivity index (χ0) is 21.1. The normalized spacial score (nSPS) is 10.9. The summed E-state index contributed by atoms with van der Waals surface area (Å²) in [4.78, 5) is 17.4. The molecule has 0 aliphatic carbocycles. The molecule has 0 bridgehead atoms. The summed E-state index contributed by atoms with van der Waals surface area (Å²) in [6.07, 6.45) is 0. The maximum Gasteiger partial charge on any atom is 0.261 e. The van der Waals surface area contributed by atoms with Crippen molar-refractivity contribution in [1.29, 1.82) is 0 Å². The van der Waals surface area contributed by atoms with Gasteiger partial charge >= 0.3 is 0 Å². The van der Waals surface area contributed by atoms with Crippen LogP contribution in [0.4, 0.5) is 5.13 Å². The van der Waals surface area contributed by atoms with Gasteiger partial charge in [0.1, 0.15) is 23.9 Å². The maximum absolute atomic E-state index is 12.9. The topological polar surface area (TPSA) is 86.5 Å². The molecule has 2 heterocycles. The molecule has 4 rings (SSSR count). The Bertz CT molecular complexity index is 1180. The number of nitrogens with one attached hydrogen (secondary N) is 1. The van der Waals surface area contributed by atoms with Crippen LogP contribution in [0, 0.1) is 13.8 Å². The van der Waals surface area contributed by atoms with Crippen LogP contribution in [0.15, 0.2) is 47.0 Å². The molecule has 4 aromatic rings. The number of thiazole rings is 1. The van der Waals surface area contributed by atoms with E-state index in [1.807, 2.05) is 45.0 Å². The standard InChI is InChI=1S/C22H21N3O4S/c1-4-27-15-9-10-18-20(11-15)30-22(23-18)24-21(26)16-7-5-6-8-19(16)28-12-17-13(2)25-29-14(17)3/h5-11H,4,12H2,1-3H3,(H,23,24,26). The lowest BCUT2D eigenvalue weighted by molar-refractivity contribution is 0.102. The molecule has 0 unspecified atom stereocenters. The first-order valence-corrected chi connectivity index (χ1v) is 10.3. The lowest BCUT2D eigenvalue weighted by Crippen LogP contribution is -2.13. The molecular weight excluding hydrogens is 402 g/mol. The number of rotatable bonds is 7. The molecule has 154 valence electrons. The summed E-state index contributed by atoms with van der Waals surface area (Å²) < 4.78 is 17.5. The lowest BCUT2D eigenvalue weighted by Gasteiger charge is -2.10. The Morgan fingerprint density at radius 2 is 2.00 bits per heavy atom. The minimum atomic E-state index is -0.284. The molecule has 0 radical (unpaired) electrons. The van der Waals surface area contributed by atoms with E-state index in [-0.39, 0.29) is 12.5 Å². The number of carbonyl (C=O) groups excluding carboxylic acids is 1. The zero-order valence-electron chi connectivity index (χ0n) is 16.9. The first-order valence-electron chi connectivity index (χ1n) is 9.53. The quantitative estimate of drug-likeness (QED) is 0.443. The van der Waals surface area contributed by atoms with E-state index in [4.69, 9.17) is 14.0 Å². The predicted octanol–water partition coefficient (Wildman–Crippen LogP) is 5.13. The van der Waals surface area contributed by atoms with Gasteiger partial charge in [0.05, 0.1) is 33.6 Å². The van der Waals surface area contributed by atoms with E-state index in [1.165, 1.54) is 11.3 Å². The van der Waals surface area contributed by atoms with E-state index in [2.05, 4.69) is 15.5 Å². The highest BCUT2D eigenvalue weighted by atomic mass is 32.1. The van der Waals surface area contributed by atoms with Crippen LogP contribution in [-0.2, 0) is 6.61 Å². The highest BCUT2D eigenvalue weighted by molar-refractivity contribution is 7.22. The molecule has 0 aliphatic heterocycles. The van der Waals surface area contributed by atoms with Gasteiger partial charge < -0.3 is 14.0 Å². The molecule has 30 heavy (non-hydrogen) atoms. The Kier molecular flexibility index (Phi) is 5.67. The number of aromatic nitrogens is 2. The van der Waals surface area contributed by atoms with Crippen LogP contribution >= 0.6 is 11.3 Å². The van der Waals surface area contributed by atoms with E-state index >= 15 is 0 Å². The number of anilines is 1. The lowest BCUT2D eigenvalue weighted by atomic mass is 10.2. The van der Waals surface area contributed by atoms with Gasteiger partial charge in [0.2, 0.25) is 0 Å². The minimum absolute atomic E-state index is 0.271. The Labute approximate surface area is 177 Å². The number of carbonyl (C=O) groups is 1. The van der Waals surface area contributed by atoms with Crippen LogP contribution in [0.3, 0.4) is 0 Å². The van der Waals surface area contributed by atoms with Gasteiger partial charge in [-0.3, -0.25) is 10.1 Å². The number of benzene rings is 2. The summed E-state index contributed by atoms with van der Waals surface area (Å²) in [5.74, 6) is 1.68. The second kappa shape index (κ2) is 8.54. The van der Waals surface area contributed by atoms with Crippen molar-refractivity contribution in [2.45, 2.75) is 27.4 Å². The smallest absolute Gasteiger partial charge is 0.261 e. The largest absolute Gasteiger partial charge is 0.494 e. The van der Waals surface area contributed by atoms with Crippen molar-refractivity contribution < 1.29 is 18.8 Å². The number of fused-ring (bicyclic) bond motifs is 1. The number of amides is 1. The molecule has 0 aliphatic rings. The summed E-state index contributed by atoms with van der Waals surface area (Å²) in [6.45, 7) is 6.50. The zero-order valence-corrected chi connectivity index (χ0v) is 17.7. The first-order chi connectivity index (χ1) is 14.5. The monoisotopic (exact) mass is 423 g/mol. The average molecular weight is 423 g/mol. The van der Waals surface area contributed by atoms with Crippen molar-refractivity contribution in [2.75, 3.05) is 11.9 Å². The summed E-state index contributed by atoms with van der Waals surface area (Å²) in [7, 11) is 0. The van der Waals surface area contributed by atoms with Crippen LogP contribution in [0.1, 0.15) is 34.3 Å². The van der Waals surface area contributed by atoms with E-state index in [0.29, 0.717) is 28.8 Å². The number of ether oxygens (including phenoxy) is 2. The molecule has 0 atom stereocenters. The van der Waals surface area contributed by atoms with E-state index in [9.17, 15) is 4.79 Å². The number of para-hydroxylation sites is 1. The highest BCUT2D eigenvalue weighted by Crippen LogP contribution is 2.30. The van der Waals surface area contributed by atoms with Crippen LogP contribution in [0.5, 0.6) is 11.5 Å². The fourth-order valence-corrected chi connectivity index (χ4v) is 3.91. The fraction of sp³-hybridized carbons (Fsp3) is 0.227. The molecule has 2 aromatic heterocycles. The van der Waals surface area contributed by atoms with Crippen molar-refractivity contribution in [3.8, 4) is 11.5 Å². The van der Waals surface area contributed by atoms with Gasteiger partial charge in [0.25, 0.3) is 5.91 Å². The van der Waals surface area contributed by atoms with Crippen molar-refractivity contribution in [3.63, 3.8) is 0 Å². The second-order valence-electron chi connectivity index (χ2n) is 6.62. The Morgan fingerprint density at radius 3 is 2.77 bits per heavy atom. The second-order valence-corrected chi connectivity index (χ2v) is 7.65. The van der Waals surface area contributed by atoms with Gasteiger partial charge in [0.15, 0.2) is 5.13 Å². The molecule has 0 spiro atoms. The SMILES string of the molecule is CCOc1ccc2nc(NC(=O)c3ccccc3OCc3c(C)noc3C)sc2c1. The average Bonchev–Trinajstić information content (AvgIpc) is 3.28. The Morgan fingerprint density at radius 1 is 1.17 bits per heavy atom. The van der Waals surface area contributed by atoms with Crippen molar-refractivity contribution in [3.05, 3.63) is 65.0 Å². The molecule has 7 nitrogen and oxygen atoms in total. The Balaban J connectivity index is 1.52. The van der Waals surface area contributed by atoms with Crippen LogP contribution in [-0.4, -0.2) is 22.7 Å². The number of nitrogens with zero attached hydrogens (tertiary/aromatic N) is 2. The van der Waals surface area contributed by atoms with Gasteiger partial charge in [-0.25, -0.2) is 4.98 Å². The molecule has 0 saturated carbocycles. The van der Waals surface area contributed by atoms with Gasteiger partial charge in [-0.15, -0.1) is 0 Å². The van der Waals surface area contributed by atoms with E-state index in [1.54, 1.807) is 18.2 Å². The first kappa shape index (κ1) is 19.9. The Hall–Kier alpha value is -3.39. The molecule has 0 saturated heterocycles. The van der Waals surface area contributed by atoms with E-state index in [0.717, 1.165) is 27.2 Å². The van der Waals surface area contributed by atoms with Crippen molar-refractivity contribution >= 4 is 32.6 Å². The third-order valence-electron chi connectivity index (χ3n) is 4.58. The van der Waals surface area contributed by atoms with Gasteiger partial charge in [-0.2, -0.15) is 0 Å². The third kappa shape index (κ3) is 4.13. The molecule has 8 heteroatoms. The van der Waals surface area contributed by atoms with Crippen LogP contribution in [0.25, 0.3) is 10.2 Å². The van der Waals surface area contributed by atoms with Gasteiger partial charge in [-0.05, 0) is 51.1 Å². The summed E-state index contributed by atoms with van der Waals surface area (Å²) >= 11 is 1.40. The van der Waals surface area contributed by atoms with Crippen LogP contribution in [0.2, 0.25) is 0 Å². The summed E-state index contributed by atoms with van der Waals surface area (Å²) in [5, 5.41) is 7.32. The molecule has 0 fully saturated rings. The summed E-state index contributed by atoms with van der Waals surface area (Å²) in [6, 6.07) is 12.8. The molecular formula is C22H21N3O4S. The molecule has 1 amide bonds. The van der Waals surface area contributed by atoms with Crippen molar-refractivity contribution in [1.82, 2.24) is 10.1 Å². The molecule has 2 aromatic carbocycles.